The minimum atomic E-state index is -0.486. The Labute approximate surface area is 194 Å². The molecule has 3 aromatic rings. The monoisotopic (exact) mass is 474 g/mol. The number of morpholine rings is 1. The fraction of sp³-hybridized carbons (Fsp3) is 0.217. The van der Waals surface area contributed by atoms with Crippen molar-refractivity contribution in [3.05, 3.63) is 69.9 Å². The lowest BCUT2D eigenvalue weighted by molar-refractivity contribution is 0.0600. The van der Waals surface area contributed by atoms with Gasteiger partial charge in [0, 0.05) is 29.4 Å². The molecular weight excluding hydrogens is 455 g/mol. The Morgan fingerprint density at radius 3 is 2.53 bits per heavy atom. The molecule has 1 aliphatic rings. The number of ether oxygens (including phenoxy) is 2. The van der Waals surface area contributed by atoms with E-state index in [1.165, 1.54) is 7.11 Å². The highest BCUT2D eigenvalue weighted by atomic mass is 35.5. The summed E-state index contributed by atoms with van der Waals surface area (Å²) in [6, 6.07) is 13.3. The number of methoxy groups -OCH3 is 1. The number of rotatable bonds is 5. The average molecular weight is 475 g/mol. The smallest absolute Gasteiger partial charge is 0.340 e. The van der Waals surface area contributed by atoms with Crippen LogP contribution in [0.1, 0.15) is 20.9 Å². The Kier molecular flexibility index (Phi) is 6.69. The summed E-state index contributed by atoms with van der Waals surface area (Å²) in [6.45, 7) is 2.49. The average Bonchev–Trinajstić information content (AvgIpc) is 3.29. The van der Waals surface area contributed by atoms with Crippen LogP contribution < -0.4 is 10.2 Å². The van der Waals surface area contributed by atoms with E-state index in [1.807, 2.05) is 0 Å². The van der Waals surface area contributed by atoms with Crippen LogP contribution in [0.4, 0.5) is 11.4 Å². The molecule has 2 heterocycles. The Morgan fingerprint density at radius 2 is 1.81 bits per heavy atom. The number of furan rings is 1. The van der Waals surface area contributed by atoms with Gasteiger partial charge in [-0.15, -0.1) is 0 Å². The molecule has 1 N–H and O–H groups in total. The molecule has 0 radical (unpaired) electrons. The van der Waals surface area contributed by atoms with Crippen LogP contribution in [-0.4, -0.2) is 45.3 Å². The van der Waals surface area contributed by atoms with Gasteiger partial charge in [0.25, 0.3) is 5.91 Å². The van der Waals surface area contributed by atoms with E-state index in [0.29, 0.717) is 58.9 Å². The summed E-state index contributed by atoms with van der Waals surface area (Å²) in [4.78, 5) is 27.2. The molecule has 9 heteroatoms. The molecule has 1 aromatic heterocycles. The predicted octanol–water partition coefficient (Wildman–Crippen LogP) is 5.13. The summed E-state index contributed by atoms with van der Waals surface area (Å²) in [5.74, 6) is -0.408. The van der Waals surface area contributed by atoms with E-state index in [0.717, 1.165) is 5.69 Å². The predicted molar refractivity (Wildman–Crippen MR) is 123 cm³/mol. The van der Waals surface area contributed by atoms with Crippen LogP contribution in [0.2, 0.25) is 10.0 Å². The van der Waals surface area contributed by atoms with Crippen LogP contribution in [0.25, 0.3) is 11.3 Å². The Balaban J connectivity index is 1.55. The molecule has 1 aliphatic heterocycles. The molecule has 1 amide bonds. The lowest BCUT2D eigenvalue weighted by Crippen LogP contribution is -2.37. The standard InChI is InChI=1S/C23H20Cl2N2O5/c1-30-23(29)17-13-15(3-5-19(17)27-8-10-31-11-9-27)26-22(28)21-7-6-20(32-21)16-4-2-14(24)12-18(16)25/h2-7,12-13H,8-11H2,1H3,(H,26,28). The third-order valence-electron chi connectivity index (χ3n) is 5.04. The zero-order valence-corrected chi connectivity index (χ0v) is 18.7. The lowest BCUT2D eigenvalue weighted by atomic mass is 10.1. The summed E-state index contributed by atoms with van der Waals surface area (Å²) < 4.78 is 16.0. The number of amides is 1. The largest absolute Gasteiger partial charge is 0.465 e. The van der Waals surface area contributed by atoms with Gasteiger partial charge in [-0.1, -0.05) is 23.2 Å². The van der Waals surface area contributed by atoms with Gasteiger partial charge in [-0.25, -0.2) is 4.79 Å². The number of carbonyl (C=O) groups excluding carboxylic acids is 2. The van der Waals surface area contributed by atoms with Crippen molar-refractivity contribution in [2.45, 2.75) is 0 Å². The van der Waals surface area contributed by atoms with E-state index >= 15 is 0 Å². The fourth-order valence-electron chi connectivity index (χ4n) is 3.45. The molecule has 0 atom stereocenters. The molecule has 4 rings (SSSR count). The van der Waals surface area contributed by atoms with Crippen molar-refractivity contribution in [1.29, 1.82) is 0 Å². The maximum absolute atomic E-state index is 12.7. The lowest BCUT2D eigenvalue weighted by Gasteiger charge is -2.30. The molecule has 2 aromatic carbocycles. The van der Waals surface area contributed by atoms with Crippen LogP contribution in [0.3, 0.4) is 0 Å². The van der Waals surface area contributed by atoms with Crippen molar-refractivity contribution < 1.29 is 23.5 Å². The number of hydrogen-bond donors (Lipinski definition) is 1. The molecule has 7 nitrogen and oxygen atoms in total. The van der Waals surface area contributed by atoms with Gasteiger partial charge in [0.1, 0.15) is 5.76 Å². The third-order valence-corrected chi connectivity index (χ3v) is 5.59. The minimum absolute atomic E-state index is 0.0999. The Bertz CT molecular complexity index is 1160. The van der Waals surface area contributed by atoms with Crippen molar-refractivity contribution in [2.24, 2.45) is 0 Å². The number of nitrogens with zero attached hydrogens (tertiary/aromatic N) is 1. The van der Waals surface area contributed by atoms with Crippen molar-refractivity contribution in [1.82, 2.24) is 0 Å². The molecule has 0 saturated carbocycles. The topological polar surface area (TPSA) is 81.0 Å². The minimum Gasteiger partial charge on any atom is -0.465 e. The normalized spacial score (nSPS) is 13.7. The molecule has 1 fully saturated rings. The van der Waals surface area contributed by atoms with E-state index in [1.54, 1.807) is 48.5 Å². The third kappa shape index (κ3) is 4.75. The van der Waals surface area contributed by atoms with E-state index in [-0.39, 0.29) is 5.76 Å². The highest BCUT2D eigenvalue weighted by Gasteiger charge is 2.21. The van der Waals surface area contributed by atoms with Crippen molar-refractivity contribution in [3.8, 4) is 11.3 Å². The second-order valence-corrected chi connectivity index (χ2v) is 7.91. The Hall–Kier alpha value is -3.00. The van der Waals surface area contributed by atoms with Crippen molar-refractivity contribution in [2.75, 3.05) is 43.6 Å². The van der Waals surface area contributed by atoms with E-state index in [4.69, 9.17) is 37.1 Å². The van der Waals surface area contributed by atoms with Gasteiger partial charge < -0.3 is 24.1 Å². The highest BCUT2D eigenvalue weighted by molar-refractivity contribution is 6.36. The van der Waals surface area contributed by atoms with Crippen molar-refractivity contribution >= 4 is 46.5 Å². The summed E-state index contributed by atoms with van der Waals surface area (Å²) in [6.07, 6.45) is 0. The van der Waals surface area contributed by atoms with Crippen LogP contribution in [0.15, 0.2) is 52.9 Å². The maximum atomic E-state index is 12.7. The molecular formula is C23H20Cl2N2O5. The fourth-order valence-corrected chi connectivity index (χ4v) is 3.96. The number of carbonyl (C=O) groups is 2. The van der Waals surface area contributed by atoms with Gasteiger partial charge in [-0.05, 0) is 48.5 Å². The number of halogens is 2. The molecule has 0 spiro atoms. The van der Waals surface area contributed by atoms with Gasteiger partial charge in [-0.3, -0.25) is 4.79 Å². The summed E-state index contributed by atoms with van der Waals surface area (Å²) in [7, 11) is 1.32. The molecule has 166 valence electrons. The van der Waals surface area contributed by atoms with Gasteiger partial charge in [-0.2, -0.15) is 0 Å². The molecule has 0 aliphatic carbocycles. The SMILES string of the molecule is COC(=O)c1cc(NC(=O)c2ccc(-c3ccc(Cl)cc3Cl)o2)ccc1N1CCOCC1. The van der Waals surface area contributed by atoms with E-state index in [2.05, 4.69) is 10.2 Å². The first-order chi connectivity index (χ1) is 15.5. The van der Waals surface area contributed by atoms with Crippen molar-refractivity contribution in [3.63, 3.8) is 0 Å². The second-order valence-electron chi connectivity index (χ2n) is 7.07. The first kappa shape index (κ1) is 22.2. The molecule has 0 bridgehead atoms. The van der Waals surface area contributed by atoms with Gasteiger partial charge in [0.2, 0.25) is 0 Å². The maximum Gasteiger partial charge on any atom is 0.340 e. The van der Waals surface area contributed by atoms with E-state index < -0.39 is 11.9 Å². The highest BCUT2D eigenvalue weighted by Crippen LogP contribution is 2.32. The quantitative estimate of drug-likeness (QED) is 0.516. The van der Waals surface area contributed by atoms with Gasteiger partial charge in [0.15, 0.2) is 5.76 Å². The molecule has 0 unspecified atom stereocenters. The number of nitrogens with one attached hydrogen (secondary N) is 1. The first-order valence-corrected chi connectivity index (χ1v) is 10.6. The summed E-state index contributed by atoms with van der Waals surface area (Å²) in [5.41, 5.74) is 2.16. The number of anilines is 2. The van der Waals surface area contributed by atoms with Gasteiger partial charge >= 0.3 is 5.97 Å². The van der Waals surface area contributed by atoms with Crippen LogP contribution in [0, 0.1) is 0 Å². The Morgan fingerprint density at radius 1 is 1.03 bits per heavy atom. The summed E-state index contributed by atoms with van der Waals surface area (Å²) in [5, 5.41) is 3.68. The van der Waals surface area contributed by atoms with Gasteiger partial charge in [0.05, 0.1) is 36.6 Å². The van der Waals surface area contributed by atoms with E-state index in [9.17, 15) is 9.59 Å². The van der Waals surface area contributed by atoms with Crippen LogP contribution >= 0.6 is 23.2 Å². The molecule has 1 saturated heterocycles. The molecule has 32 heavy (non-hydrogen) atoms. The zero-order chi connectivity index (χ0) is 22.7. The number of benzene rings is 2. The zero-order valence-electron chi connectivity index (χ0n) is 17.2. The first-order valence-electron chi connectivity index (χ1n) is 9.88. The summed E-state index contributed by atoms with van der Waals surface area (Å²) >= 11 is 12.2. The number of hydrogen-bond acceptors (Lipinski definition) is 6. The second kappa shape index (κ2) is 9.65. The van der Waals surface area contributed by atoms with Crippen LogP contribution in [0.5, 0.6) is 0 Å². The van der Waals surface area contributed by atoms with Crippen LogP contribution in [-0.2, 0) is 9.47 Å². The number of esters is 1.